The number of allylic oxidation sites excluding steroid dienone is 2. The lowest BCUT2D eigenvalue weighted by molar-refractivity contribution is -0.152. The highest BCUT2D eigenvalue weighted by Gasteiger charge is 2.40. The van der Waals surface area contributed by atoms with E-state index < -0.39 is 24.5 Å². The van der Waals surface area contributed by atoms with Gasteiger partial charge in [-0.25, -0.2) is 0 Å². The fraction of sp³-hybridized carbons (Fsp3) is 0.447. The zero-order valence-corrected chi connectivity index (χ0v) is 32.6. The Kier molecular flexibility index (Phi) is 13.5. The second kappa shape index (κ2) is 19.1. The van der Waals surface area contributed by atoms with Crippen LogP contribution in [0.3, 0.4) is 0 Å². The van der Waals surface area contributed by atoms with E-state index in [9.17, 15) is 20.1 Å². The van der Waals surface area contributed by atoms with Gasteiger partial charge in [0.15, 0.2) is 6.23 Å². The molecule has 4 N–H and O–H groups in total. The number of hydrogen-bond donors (Lipinski definition) is 4. The van der Waals surface area contributed by atoms with E-state index in [1.54, 1.807) is 0 Å². The highest BCUT2D eigenvalue weighted by Crippen LogP contribution is 2.38. The maximum atomic E-state index is 12.9. The van der Waals surface area contributed by atoms with Crippen molar-refractivity contribution in [1.82, 2.24) is 14.5 Å². The molecule has 9 nitrogen and oxygen atoms in total. The second-order valence-electron chi connectivity index (χ2n) is 16.0. The van der Waals surface area contributed by atoms with Gasteiger partial charge in [0.1, 0.15) is 0 Å². The number of nitrogens with one attached hydrogen (secondary N) is 1. The molecule has 3 aromatic carbocycles. The van der Waals surface area contributed by atoms with Crippen molar-refractivity contribution in [2.45, 2.75) is 108 Å². The molecule has 9 heteroatoms. The highest BCUT2D eigenvalue weighted by atomic mass is 16.6. The number of unbranched alkanes of at least 4 members (excludes halogenated alkanes) is 1. The fourth-order valence-electron chi connectivity index (χ4n) is 8.89. The Morgan fingerprint density at radius 1 is 0.964 bits per heavy atom. The van der Waals surface area contributed by atoms with E-state index >= 15 is 0 Å². The largest absolute Gasteiger partial charge is 0.441 e. The zero-order chi connectivity index (χ0) is 38.9. The number of aliphatic hydroxyl groups is 3. The molecule has 2 aliphatic rings. The van der Waals surface area contributed by atoms with E-state index in [-0.39, 0.29) is 17.8 Å². The van der Waals surface area contributed by atoms with Gasteiger partial charge in [0.05, 0.1) is 23.8 Å². The van der Waals surface area contributed by atoms with E-state index in [4.69, 9.17) is 4.74 Å². The van der Waals surface area contributed by atoms with Crippen molar-refractivity contribution in [2.24, 2.45) is 11.8 Å². The second-order valence-corrected chi connectivity index (χ2v) is 16.0. The maximum Gasteiger partial charge on any atom is 0.307 e. The molecular weight excluding hydrogens is 701 g/mol. The summed E-state index contributed by atoms with van der Waals surface area (Å²) in [6.45, 7) is 4.78. The summed E-state index contributed by atoms with van der Waals surface area (Å²) in [7, 11) is 0. The van der Waals surface area contributed by atoms with Gasteiger partial charge in [-0.1, -0.05) is 66.7 Å². The first-order chi connectivity index (χ1) is 27.3. The van der Waals surface area contributed by atoms with Gasteiger partial charge in [-0.05, 0) is 117 Å². The van der Waals surface area contributed by atoms with Crippen LogP contribution in [0.4, 0.5) is 5.69 Å². The van der Waals surface area contributed by atoms with E-state index in [0.717, 1.165) is 60.9 Å². The number of hydrogen-bond acceptors (Lipinski definition) is 8. The molecule has 1 saturated heterocycles. The first kappa shape index (κ1) is 39.7. The van der Waals surface area contributed by atoms with Crippen LogP contribution in [-0.4, -0.2) is 73.2 Å². The summed E-state index contributed by atoms with van der Waals surface area (Å²) in [6.07, 6.45) is 14.6. The fourth-order valence-corrected chi connectivity index (χ4v) is 8.89. The lowest BCUT2D eigenvalue weighted by atomic mass is 9.85. The van der Waals surface area contributed by atoms with Crippen LogP contribution in [0.1, 0.15) is 82.1 Å². The minimum Gasteiger partial charge on any atom is -0.441 e. The van der Waals surface area contributed by atoms with Crippen molar-refractivity contribution < 1.29 is 24.9 Å². The molecule has 3 heterocycles. The molecular formula is C47H58N4O5. The Hall–Kier alpha value is -4.54. The number of anilines is 1. The van der Waals surface area contributed by atoms with Crippen molar-refractivity contribution in [1.29, 1.82) is 0 Å². The number of aromatic nitrogens is 2. The summed E-state index contributed by atoms with van der Waals surface area (Å²) in [6, 6.07) is 27.6. The number of esters is 1. The number of ether oxygens (including phenoxy) is 1. The van der Waals surface area contributed by atoms with Gasteiger partial charge < -0.3 is 29.9 Å². The molecule has 2 fully saturated rings. The highest BCUT2D eigenvalue weighted by molar-refractivity contribution is 5.93. The number of fused-ring (bicyclic) bond motifs is 2. The molecule has 2 aromatic heterocycles. The summed E-state index contributed by atoms with van der Waals surface area (Å²) in [4.78, 5) is 19.6. The van der Waals surface area contributed by atoms with Crippen LogP contribution in [0.25, 0.3) is 21.7 Å². The topological polar surface area (TPSA) is 120 Å². The van der Waals surface area contributed by atoms with Crippen LogP contribution < -0.4 is 5.32 Å². The minimum absolute atomic E-state index is 0.0339. The molecule has 7 atom stereocenters. The normalized spacial score (nSPS) is 22.6. The summed E-state index contributed by atoms with van der Waals surface area (Å²) in [5.74, 6) is -0.288. The van der Waals surface area contributed by atoms with Gasteiger partial charge in [0.25, 0.3) is 0 Å². The van der Waals surface area contributed by atoms with Gasteiger partial charge in [0, 0.05) is 67.1 Å². The smallest absolute Gasteiger partial charge is 0.307 e. The van der Waals surface area contributed by atoms with Crippen LogP contribution in [0.15, 0.2) is 110 Å². The summed E-state index contributed by atoms with van der Waals surface area (Å²) in [5.41, 5.74) is 4.67. The van der Waals surface area contributed by atoms with Crippen LogP contribution in [0, 0.1) is 11.8 Å². The maximum absolute atomic E-state index is 12.9. The molecule has 296 valence electrons. The van der Waals surface area contributed by atoms with E-state index in [2.05, 4.69) is 88.0 Å². The Labute approximate surface area is 331 Å². The Morgan fingerprint density at radius 2 is 1.82 bits per heavy atom. The number of carbonyl (C=O) groups excluding carboxylic acids is 1. The molecule has 0 amide bonds. The summed E-state index contributed by atoms with van der Waals surface area (Å²) >= 11 is 0. The molecule has 5 aromatic rings. The Morgan fingerprint density at radius 3 is 2.70 bits per heavy atom. The monoisotopic (exact) mass is 758 g/mol. The minimum atomic E-state index is -0.550. The molecule has 1 aliphatic heterocycles. The van der Waals surface area contributed by atoms with Crippen LogP contribution in [-0.2, 0) is 22.5 Å². The van der Waals surface area contributed by atoms with Crippen LogP contribution in [0.5, 0.6) is 0 Å². The molecule has 0 radical (unpaired) electrons. The quantitative estimate of drug-likeness (QED) is 0.0402. The predicted molar refractivity (Wildman–Crippen MR) is 223 cm³/mol. The average Bonchev–Trinajstić information content (AvgIpc) is 3.91. The molecule has 1 saturated carbocycles. The van der Waals surface area contributed by atoms with Gasteiger partial charge in [0.2, 0.25) is 0 Å². The standard InChI is InChI=1S/C47H58N4O5/c1-33(56-47(55)15-8-3-2-7-13-41-42(46(54)29-45(41)53)21-20-39(52)19-17-34-10-5-4-6-11-34)51-27-23-36-18-16-35(28-44(36)51)31-50-26-24-38(32-50)49-43-14-9-12-37-30-48-25-22-40(37)43/h2,4-7,9-12,14,16,18,22-23,25,27-28,30,33,38-39,41-42,45-46,49,52-54H,3,8,13,15,17,19-21,24,26,29,31-32H2,1H3/t33?,38-,39+,41-,42-,45-,46-/m1/s1. The third-order valence-corrected chi connectivity index (χ3v) is 12.0. The number of nitrogens with zero attached hydrogens (tertiary/aromatic N) is 3. The summed E-state index contributed by atoms with van der Waals surface area (Å²) < 4.78 is 7.93. The molecule has 1 unspecified atom stereocenters. The lowest BCUT2D eigenvalue weighted by Gasteiger charge is -2.23. The van der Waals surface area contributed by atoms with Crippen molar-refractivity contribution in [3.05, 3.63) is 121 Å². The molecule has 0 bridgehead atoms. The number of aliphatic hydroxyl groups excluding tert-OH is 3. The van der Waals surface area contributed by atoms with Gasteiger partial charge >= 0.3 is 5.97 Å². The number of pyridine rings is 1. The van der Waals surface area contributed by atoms with E-state index in [1.807, 2.05) is 48.3 Å². The van der Waals surface area contributed by atoms with Crippen molar-refractivity contribution in [2.75, 3.05) is 18.4 Å². The number of benzene rings is 3. The van der Waals surface area contributed by atoms with Crippen molar-refractivity contribution in [3.8, 4) is 0 Å². The molecule has 56 heavy (non-hydrogen) atoms. The van der Waals surface area contributed by atoms with Crippen molar-refractivity contribution >= 4 is 33.3 Å². The molecule has 7 rings (SSSR count). The van der Waals surface area contributed by atoms with E-state index in [1.165, 1.54) is 16.5 Å². The number of aryl methyl sites for hydroxylation is 1. The first-order valence-electron chi connectivity index (χ1n) is 20.6. The zero-order valence-electron chi connectivity index (χ0n) is 32.6. The van der Waals surface area contributed by atoms with Gasteiger partial charge in [-0.15, -0.1) is 0 Å². The van der Waals surface area contributed by atoms with Crippen LogP contribution in [0.2, 0.25) is 0 Å². The molecule has 1 aliphatic carbocycles. The number of likely N-dealkylation sites (tertiary alicyclic amines) is 1. The van der Waals surface area contributed by atoms with Crippen LogP contribution >= 0.6 is 0 Å². The van der Waals surface area contributed by atoms with Crippen molar-refractivity contribution in [3.63, 3.8) is 0 Å². The van der Waals surface area contributed by atoms with Gasteiger partial charge in [-0.2, -0.15) is 0 Å². The van der Waals surface area contributed by atoms with Gasteiger partial charge in [-0.3, -0.25) is 14.7 Å². The number of rotatable bonds is 18. The summed E-state index contributed by atoms with van der Waals surface area (Å²) in [5, 5.41) is 39.2. The lowest BCUT2D eigenvalue weighted by Crippen LogP contribution is -2.26. The third kappa shape index (κ3) is 10.2. The molecule has 0 spiro atoms. The average molecular weight is 759 g/mol. The Balaban J connectivity index is 0.829. The number of carbonyl (C=O) groups is 1. The first-order valence-corrected chi connectivity index (χ1v) is 20.6. The predicted octanol–water partition coefficient (Wildman–Crippen LogP) is 8.19. The third-order valence-electron chi connectivity index (χ3n) is 12.0. The van der Waals surface area contributed by atoms with E-state index in [0.29, 0.717) is 51.0 Å². The SMILES string of the molecule is CC(OC(=O)CCCC=CC[C@@H]1[C@@H](CC[C@@H](O)CCc2ccccc2)[C@H](O)C[C@H]1O)n1ccc2ccc(CN3CC[C@@H](Nc4cccc5cnccc45)C3)cc21. The Bertz CT molecular complexity index is 2040.